The van der Waals surface area contributed by atoms with E-state index >= 15 is 0 Å². The zero-order chi connectivity index (χ0) is 16.9. The molecule has 2 N–H and O–H groups in total. The zero-order valence-corrected chi connectivity index (χ0v) is 14.5. The maximum absolute atomic E-state index is 10.8. The fourth-order valence-electron chi connectivity index (χ4n) is 3.59. The fraction of sp³-hybridized carbons (Fsp3) is 0.400. The van der Waals surface area contributed by atoms with E-state index in [4.69, 9.17) is 0 Å². The maximum atomic E-state index is 10.8. The Morgan fingerprint density at radius 3 is 2.38 bits per heavy atom. The number of aliphatic hydroxyl groups is 1. The summed E-state index contributed by atoms with van der Waals surface area (Å²) in [6.07, 6.45) is 0.629. The van der Waals surface area contributed by atoms with Crippen molar-refractivity contribution in [2.24, 2.45) is 0 Å². The molecule has 0 aromatic heterocycles. The van der Waals surface area contributed by atoms with Gasteiger partial charge in [-0.2, -0.15) is 0 Å². The highest BCUT2D eigenvalue weighted by atomic mass is 16.3. The van der Waals surface area contributed by atoms with Crippen molar-refractivity contribution in [3.63, 3.8) is 0 Å². The van der Waals surface area contributed by atoms with Crippen molar-refractivity contribution in [2.45, 2.75) is 25.5 Å². The summed E-state index contributed by atoms with van der Waals surface area (Å²) in [4.78, 5) is 4.74. The van der Waals surface area contributed by atoms with Crippen LogP contribution in [0.2, 0.25) is 0 Å². The Bertz CT molecular complexity index is 646. The molecule has 0 radical (unpaired) electrons. The van der Waals surface area contributed by atoms with Gasteiger partial charge in [0.25, 0.3) is 0 Å². The highest BCUT2D eigenvalue weighted by Gasteiger charge is 2.34. The summed E-state index contributed by atoms with van der Waals surface area (Å²) >= 11 is 0. The van der Waals surface area contributed by atoms with Crippen LogP contribution in [0, 0.1) is 0 Å². The Morgan fingerprint density at radius 2 is 1.71 bits per heavy atom. The van der Waals surface area contributed by atoms with E-state index in [-0.39, 0.29) is 6.04 Å². The number of anilines is 2. The number of hydrogen-bond acceptors (Lipinski definition) is 4. The minimum absolute atomic E-state index is 0.0679. The predicted molar refractivity (Wildman–Crippen MR) is 101 cm³/mol. The van der Waals surface area contributed by atoms with Gasteiger partial charge in [-0.3, -0.25) is 0 Å². The molecule has 4 heteroatoms. The number of para-hydroxylation sites is 2. The Balaban J connectivity index is 1.99. The average molecular weight is 325 g/mol. The Morgan fingerprint density at radius 1 is 1.04 bits per heavy atom. The van der Waals surface area contributed by atoms with Crippen molar-refractivity contribution >= 4 is 11.4 Å². The first-order valence-electron chi connectivity index (χ1n) is 8.74. The molecule has 0 saturated heterocycles. The normalized spacial score (nSPS) is 16.1. The number of benzene rings is 2. The smallest absolute Gasteiger partial charge is 0.0911 e. The van der Waals surface area contributed by atoms with Crippen molar-refractivity contribution in [2.75, 3.05) is 36.6 Å². The molecule has 1 heterocycles. The molecule has 0 bridgehead atoms. The van der Waals surface area contributed by atoms with Gasteiger partial charge in [0, 0.05) is 13.1 Å². The Kier molecular flexibility index (Phi) is 5.38. The molecule has 1 aliphatic rings. The molecular formula is C20H27N3O. The number of fused-ring (bicyclic) bond motifs is 1. The van der Waals surface area contributed by atoms with Gasteiger partial charge >= 0.3 is 0 Å². The summed E-state index contributed by atoms with van der Waals surface area (Å²) in [5, 5.41) is 14.0. The van der Waals surface area contributed by atoms with E-state index in [2.05, 4.69) is 58.4 Å². The number of aliphatic hydroxyl groups excluding tert-OH is 1. The van der Waals surface area contributed by atoms with Crippen LogP contribution >= 0.6 is 0 Å². The maximum Gasteiger partial charge on any atom is 0.0911 e. The number of nitrogens with one attached hydrogen (secondary N) is 1. The van der Waals surface area contributed by atoms with E-state index < -0.39 is 6.10 Å². The molecule has 2 aromatic carbocycles. The van der Waals surface area contributed by atoms with Gasteiger partial charge in [-0.15, -0.1) is 0 Å². The molecule has 24 heavy (non-hydrogen) atoms. The lowest BCUT2D eigenvalue weighted by Crippen LogP contribution is -2.42. The summed E-state index contributed by atoms with van der Waals surface area (Å²) in [6, 6.07) is 18.8. The van der Waals surface area contributed by atoms with Gasteiger partial charge in [0.05, 0.1) is 30.2 Å². The number of rotatable bonds is 7. The molecule has 0 amide bonds. The van der Waals surface area contributed by atoms with Crippen LogP contribution in [0.5, 0.6) is 0 Å². The monoisotopic (exact) mass is 325 g/mol. The second-order valence-electron chi connectivity index (χ2n) is 6.34. The fourth-order valence-corrected chi connectivity index (χ4v) is 3.59. The molecule has 0 fully saturated rings. The van der Waals surface area contributed by atoms with Crippen molar-refractivity contribution in [3.8, 4) is 0 Å². The lowest BCUT2D eigenvalue weighted by molar-refractivity contribution is 0.141. The molecule has 3 rings (SSSR count). The van der Waals surface area contributed by atoms with Crippen LogP contribution in [0.25, 0.3) is 0 Å². The van der Waals surface area contributed by atoms with Crippen LogP contribution in [0.4, 0.5) is 11.4 Å². The molecule has 2 aromatic rings. The Hall–Kier alpha value is -2.04. The molecule has 1 aliphatic heterocycles. The van der Waals surface area contributed by atoms with Crippen molar-refractivity contribution in [1.29, 1.82) is 0 Å². The van der Waals surface area contributed by atoms with Gasteiger partial charge in [-0.1, -0.05) is 49.4 Å². The summed E-state index contributed by atoms with van der Waals surface area (Å²) in [7, 11) is 1.88. The van der Waals surface area contributed by atoms with Crippen molar-refractivity contribution in [3.05, 3.63) is 60.2 Å². The molecule has 2 atom stereocenters. The van der Waals surface area contributed by atoms with E-state index in [1.807, 2.05) is 25.2 Å². The first kappa shape index (κ1) is 16.8. The van der Waals surface area contributed by atoms with Crippen LogP contribution in [-0.2, 0) is 0 Å². The SMILES string of the molecule is CCCN1CN([C@@H](c2ccccc2)[C@H](O)CNC)c2ccccc21. The second-order valence-corrected chi connectivity index (χ2v) is 6.34. The minimum Gasteiger partial charge on any atom is -0.389 e. The van der Waals surface area contributed by atoms with Crippen LogP contribution in [-0.4, -0.2) is 38.0 Å². The Labute approximate surface area is 144 Å². The van der Waals surface area contributed by atoms with E-state index in [0.29, 0.717) is 6.54 Å². The van der Waals surface area contributed by atoms with E-state index in [9.17, 15) is 5.11 Å². The number of nitrogens with zero attached hydrogens (tertiary/aromatic N) is 2. The van der Waals surface area contributed by atoms with E-state index in [1.165, 1.54) is 11.4 Å². The molecular weight excluding hydrogens is 298 g/mol. The van der Waals surface area contributed by atoms with Crippen molar-refractivity contribution in [1.82, 2.24) is 5.32 Å². The minimum atomic E-state index is -0.480. The van der Waals surface area contributed by atoms with Crippen LogP contribution in [0.3, 0.4) is 0 Å². The molecule has 0 unspecified atom stereocenters. The largest absolute Gasteiger partial charge is 0.389 e. The summed E-state index contributed by atoms with van der Waals surface area (Å²) in [5.41, 5.74) is 3.61. The number of likely N-dealkylation sites (N-methyl/N-ethyl adjacent to an activating group) is 1. The van der Waals surface area contributed by atoms with Crippen LogP contribution in [0.15, 0.2) is 54.6 Å². The summed E-state index contributed by atoms with van der Waals surface area (Å²) in [6.45, 7) is 4.60. The molecule has 4 nitrogen and oxygen atoms in total. The van der Waals surface area contributed by atoms with Crippen LogP contribution < -0.4 is 15.1 Å². The average Bonchev–Trinajstić information content (AvgIpc) is 2.96. The highest BCUT2D eigenvalue weighted by Crippen LogP contribution is 2.41. The first-order valence-corrected chi connectivity index (χ1v) is 8.74. The third-order valence-corrected chi connectivity index (χ3v) is 4.60. The third-order valence-electron chi connectivity index (χ3n) is 4.60. The standard InChI is InChI=1S/C20H27N3O/c1-3-13-22-15-23(18-12-8-7-11-17(18)22)20(19(24)14-21-2)16-9-5-4-6-10-16/h4-12,19-21,24H,3,13-15H2,1-2H3/t19-,20+/m1/s1. The quantitative estimate of drug-likeness (QED) is 0.821. The van der Waals surface area contributed by atoms with Gasteiger partial charge in [0.1, 0.15) is 0 Å². The predicted octanol–water partition coefficient (Wildman–Crippen LogP) is 3.00. The zero-order valence-electron chi connectivity index (χ0n) is 14.5. The van der Waals surface area contributed by atoms with Gasteiger partial charge in [0.15, 0.2) is 0 Å². The van der Waals surface area contributed by atoms with Crippen LogP contribution in [0.1, 0.15) is 24.9 Å². The molecule has 0 saturated carbocycles. The summed E-state index contributed by atoms with van der Waals surface area (Å²) in [5.74, 6) is 0. The molecule has 128 valence electrons. The molecule has 0 aliphatic carbocycles. The topological polar surface area (TPSA) is 38.7 Å². The van der Waals surface area contributed by atoms with Crippen molar-refractivity contribution < 1.29 is 5.11 Å². The third kappa shape index (κ3) is 3.25. The lowest BCUT2D eigenvalue weighted by atomic mass is 9.99. The lowest BCUT2D eigenvalue weighted by Gasteiger charge is -2.34. The second kappa shape index (κ2) is 7.69. The van der Waals surface area contributed by atoms with Gasteiger partial charge in [0.2, 0.25) is 0 Å². The van der Waals surface area contributed by atoms with E-state index in [0.717, 1.165) is 25.2 Å². The highest BCUT2D eigenvalue weighted by molar-refractivity contribution is 5.77. The van der Waals surface area contributed by atoms with Gasteiger partial charge in [-0.05, 0) is 31.2 Å². The number of hydrogen-bond donors (Lipinski definition) is 2. The van der Waals surface area contributed by atoms with Gasteiger partial charge < -0.3 is 20.2 Å². The van der Waals surface area contributed by atoms with Gasteiger partial charge in [-0.25, -0.2) is 0 Å². The first-order chi connectivity index (χ1) is 11.8. The summed E-state index contributed by atoms with van der Waals surface area (Å²) < 4.78 is 0. The molecule has 0 spiro atoms. The van der Waals surface area contributed by atoms with E-state index in [1.54, 1.807) is 0 Å².